The molecule has 0 aliphatic carbocycles. The third-order valence-corrected chi connectivity index (χ3v) is 3.92. The molecule has 2 rings (SSSR count). The molecule has 0 aliphatic heterocycles. The zero-order valence-electron chi connectivity index (χ0n) is 13.7. The number of hydrogen-bond acceptors (Lipinski definition) is 3. The fourth-order valence-electron chi connectivity index (χ4n) is 2.29. The first-order valence-corrected chi connectivity index (χ1v) is 8.03. The van der Waals surface area contributed by atoms with Crippen LogP contribution in [0.3, 0.4) is 0 Å². The van der Waals surface area contributed by atoms with Crippen molar-refractivity contribution >= 4 is 28.9 Å². The summed E-state index contributed by atoms with van der Waals surface area (Å²) in [7, 11) is 0. The Morgan fingerprint density at radius 1 is 1.16 bits per heavy atom. The third-order valence-electron chi connectivity index (χ3n) is 3.59. The van der Waals surface area contributed by atoms with E-state index in [1.165, 1.54) is 24.4 Å². The first-order chi connectivity index (χ1) is 11.8. The van der Waals surface area contributed by atoms with Crippen LogP contribution in [0.25, 0.3) is 0 Å². The second-order valence-corrected chi connectivity index (χ2v) is 5.63. The Bertz CT molecular complexity index is 761. The molecule has 8 heteroatoms. The Morgan fingerprint density at radius 3 is 2.40 bits per heavy atom. The topological polar surface area (TPSA) is 45.2 Å². The standard InChI is InChI=1S/C17H17ClF3N3O/c1-3-24(4-2)16(25)15-10-12(7-8-22-15)23-11-5-6-14(18)13(9-11)17(19,20)21/h5-10H,3-4H2,1-2H3,(H,22,23). The van der Waals surface area contributed by atoms with E-state index >= 15 is 0 Å². The molecule has 0 bridgehead atoms. The van der Waals surface area contributed by atoms with E-state index in [0.29, 0.717) is 18.8 Å². The third kappa shape index (κ3) is 4.63. The number of nitrogens with one attached hydrogen (secondary N) is 1. The zero-order valence-corrected chi connectivity index (χ0v) is 14.4. The van der Waals surface area contributed by atoms with Crippen molar-refractivity contribution in [3.8, 4) is 0 Å². The summed E-state index contributed by atoms with van der Waals surface area (Å²) in [6, 6.07) is 6.61. The first kappa shape index (κ1) is 19.1. The molecular weight excluding hydrogens is 355 g/mol. The molecule has 0 radical (unpaired) electrons. The Labute approximate surface area is 148 Å². The number of alkyl halides is 3. The average Bonchev–Trinajstić information content (AvgIpc) is 2.57. The van der Waals surface area contributed by atoms with Crippen LogP contribution in [0.1, 0.15) is 29.9 Å². The van der Waals surface area contributed by atoms with Crippen LogP contribution in [0.4, 0.5) is 24.5 Å². The number of anilines is 2. The molecular formula is C17H17ClF3N3O. The van der Waals surface area contributed by atoms with Gasteiger partial charge in [-0.15, -0.1) is 0 Å². The van der Waals surface area contributed by atoms with Gasteiger partial charge in [0.25, 0.3) is 5.91 Å². The van der Waals surface area contributed by atoms with Crippen LogP contribution < -0.4 is 5.32 Å². The predicted octanol–water partition coefficient (Wildman–Crippen LogP) is 4.98. The molecule has 0 spiro atoms. The highest BCUT2D eigenvalue weighted by molar-refractivity contribution is 6.31. The number of rotatable bonds is 5. The molecule has 2 aromatic rings. The van der Waals surface area contributed by atoms with Crippen molar-refractivity contribution in [3.63, 3.8) is 0 Å². The number of carbonyl (C=O) groups is 1. The molecule has 0 atom stereocenters. The van der Waals surface area contributed by atoms with Crippen LogP contribution in [-0.2, 0) is 6.18 Å². The summed E-state index contributed by atoms with van der Waals surface area (Å²) in [5.41, 5.74) is -0.0310. The van der Waals surface area contributed by atoms with Crippen molar-refractivity contribution in [1.82, 2.24) is 9.88 Å². The summed E-state index contributed by atoms with van der Waals surface area (Å²) in [6.45, 7) is 4.80. The predicted molar refractivity (Wildman–Crippen MR) is 91.2 cm³/mol. The lowest BCUT2D eigenvalue weighted by Gasteiger charge is -2.18. The van der Waals surface area contributed by atoms with Gasteiger partial charge in [-0.1, -0.05) is 11.6 Å². The summed E-state index contributed by atoms with van der Waals surface area (Å²) in [5, 5.41) is 2.47. The van der Waals surface area contributed by atoms with Crippen molar-refractivity contribution < 1.29 is 18.0 Å². The molecule has 4 nitrogen and oxygen atoms in total. The molecule has 1 aromatic heterocycles. The van der Waals surface area contributed by atoms with E-state index in [-0.39, 0.29) is 22.3 Å². The summed E-state index contributed by atoms with van der Waals surface area (Å²) in [6.07, 6.45) is -3.11. The number of benzene rings is 1. The maximum absolute atomic E-state index is 12.9. The Hall–Kier alpha value is -2.28. The maximum Gasteiger partial charge on any atom is 0.417 e. The number of hydrogen-bond donors (Lipinski definition) is 1. The van der Waals surface area contributed by atoms with E-state index in [4.69, 9.17) is 11.6 Å². The van der Waals surface area contributed by atoms with Crippen LogP contribution >= 0.6 is 11.6 Å². The van der Waals surface area contributed by atoms with Crippen molar-refractivity contribution in [1.29, 1.82) is 0 Å². The number of pyridine rings is 1. The summed E-state index contributed by atoms with van der Waals surface area (Å²) in [4.78, 5) is 18.0. The summed E-state index contributed by atoms with van der Waals surface area (Å²) in [5.74, 6) is -0.235. The van der Waals surface area contributed by atoms with E-state index in [2.05, 4.69) is 10.3 Å². The van der Waals surface area contributed by atoms with Crippen LogP contribution in [0.5, 0.6) is 0 Å². The SMILES string of the molecule is CCN(CC)C(=O)c1cc(Nc2ccc(Cl)c(C(F)(F)F)c2)ccn1. The summed E-state index contributed by atoms with van der Waals surface area (Å²) < 4.78 is 38.8. The lowest BCUT2D eigenvalue weighted by Crippen LogP contribution is -2.31. The number of amides is 1. The Morgan fingerprint density at radius 2 is 1.80 bits per heavy atom. The molecule has 1 aromatic carbocycles. The monoisotopic (exact) mass is 371 g/mol. The van der Waals surface area contributed by atoms with E-state index in [1.54, 1.807) is 11.0 Å². The van der Waals surface area contributed by atoms with Gasteiger partial charge in [0.05, 0.1) is 10.6 Å². The molecule has 0 saturated heterocycles. The van der Waals surface area contributed by atoms with Crippen molar-refractivity contribution in [2.45, 2.75) is 20.0 Å². The van der Waals surface area contributed by atoms with Gasteiger partial charge >= 0.3 is 6.18 Å². The molecule has 0 saturated carbocycles. The number of nitrogens with zero attached hydrogens (tertiary/aromatic N) is 2. The molecule has 25 heavy (non-hydrogen) atoms. The molecule has 0 unspecified atom stereocenters. The van der Waals surface area contributed by atoms with Gasteiger partial charge in [-0.3, -0.25) is 9.78 Å². The minimum atomic E-state index is -4.54. The first-order valence-electron chi connectivity index (χ1n) is 7.65. The Balaban J connectivity index is 2.27. The molecule has 0 fully saturated rings. The van der Waals surface area contributed by atoms with Crippen molar-refractivity contribution in [2.24, 2.45) is 0 Å². The minimum absolute atomic E-state index is 0.212. The summed E-state index contributed by atoms with van der Waals surface area (Å²) >= 11 is 5.61. The zero-order chi connectivity index (χ0) is 18.6. The molecule has 134 valence electrons. The van der Waals surface area contributed by atoms with Crippen LogP contribution in [0, 0.1) is 0 Å². The largest absolute Gasteiger partial charge is 0.417 e. The highest BCUT2D eigenvalue weighted by Crippen LogP contribution is 2.36. The van der Waals surface area contributed by atoms with Crippen LogP contribution in [0.15, 0.2) is 36.5 Å². The lowest BCUT2D eigenvalue weighted by molar-refractivity contribution is -0.137. The normalized spacial score (nSPS) is 11.3. The van der Waals surface area contributed by atoms with Gasteiger partial charge in [0.15, 0.2) is 0 Å². The fourth-order valence-corrected chi connectivity index (χ4v) is 2.51. The molecule has 1 amide bonds. The van der Waals surface area contributed by atoms with Crippen LogP contribution in [0.2, 0.25) is 5.02 Å². The van der Waals surface area contributed by atoms with Gasteiger partial charge in [-0.05, 0) is 44.2 Å². The highest BCUT2D eigenvalue weighted by atomic mass is 35.5. The molecule has 0 aliphatic rings. The quantitative estimate of drug-likeness (QED) is 0.806. The average molecular weight is 372 g/mol. The van der Waals surface area contributed by atoms with Gasteiger partial charge < -0.3 is 10.2 Å². The van der Waals surface area contributed by atoms with Gasteiger partial charge in [-0.25, -0.2) is 0 Å². The van der Waals surface area contributed by atoms with Crippen molar-refractivity contribution in [2.75, 3.05) is 18.4 Å². The van der Waals surface area contributed by atoms with Crippen molar-refractivity contribution in [3.05, 3.63) is 52.8 Å². The second-order valence-electron chi connectivity index (χ2n) is 5.22. The van der Waals surface area contributed by atoms with Crippen LogP contribution in [-0.4, -0.2) is 28.9 Å². The van der Waals surface area contributed by atoms with Gasteiger partial charge in [0.1, 0.15) is 5.69 Å². The number of halogens is 4. The van der Waals surface area contributed by atoms with E-state index in [1.807, 2.05) is 13.8 Å². The highest BCUT2D eigenvalue weighted by Gasteiger charge is 2.33. The number of carbonyl (C=O) groups excluding carboxylic acids is 1. The van der Waals surface area contributed by atoms with Gasteiger partial charge in [0.2, 0.25) is 0 Å². The number of aromatic nitrogens is 1. The minimum Gasteiger partial charge on any atom is -0.355 e. The van der Waals surface area contributed by atoms with Gasteiger partial charge in [0, 0.05) is 30.7 Å². The lowest BCUT2D eigenvalue weighted by atomic mass is 10.2. The fraction of sp³-hybridized carbons (Fsp3) is 0.294. The van der Waals surface area contributed by atoms with E-state index in [9.17, 15) is 18.0 Å². The van der Waals surface area contributed by atoms with Gasteiger partial charge in [-0.2, -0.15) is 13.2 Å². The van der Waals surface area contributed by atoms with E-state index < -0.39 is 11.7 Å². The maximum atomic E-state index is 12.9. The molecule has 1 heterocycles. The smallest absolute Gasteiger partial charge is 0.355 e. The molecule has 1 N–H and O–H groups in total. The second kappa shape index (κ2) is 7.74. The van der Waals surface area contributed by atoms with E-state index in [0.717, 1.165) is 6.07 Å². The Kier molecular flexibility index (Phi) is 5.89.